The summed E-state index contributed by atoms with van der Waals surface area (Å²) in [6, 6.07) is 4.69. The largest absolute Gasteiger partial charge is 0.360 e. The third kappa shape index (κ3) is 1.32. The summed E-state index contributed by atoms with van der Waals surface area (Å²) in [4.78, 5) is 14.3. The Balaban J connectivity index is 3.09. The summed E-state index contributed by atoms with van der Waals surface area (Å²) < 4.78 is 0. The zero-order valence-corrected chi connectivity index (χ0v) is 7.99. The van der Waals surface area contributed by atoms with Crippen molar-refractivity contribution >= 4 is 34.1 Å². The molecule has 0 aliphatic rings. The highest BCUT2D eigenvalue weighted by atomic mass is 35.5. The van der Waals surface area contributed by atoms with Crippen molar-refractivity contribution in [2.24, 2.45) is 0 Å². The van der Waals surface area contributed by atoms with Gasteiger partial charge in [0.1, 0.15) is 0 Å². The van der Waals surface area contributed by atoms with E-state index in [0.717, 1.165) is 0 Å². The second kappa shape index (κ2) is 3.05. The Hall–Kier alpha value is -0.990. The van der Waals surface area contributed by atoms with Gasteiger partial charge in [0.25, 0.3) is 0 Å². The third-order valence-corrected chi connectivity index (χ3v) is 2.44. The zero-order valence-electron chi connectivity index (χ0n) is 6.47. The average molecular weight is 214 g/mol. The Morgan fingerprint density at radius 1 is 1.08 bits per heavy atom. The molecular formula is C9H5Cl2NO. The molecule has 0 radical (unpaired) electrons. The van der Waals surface area contributed by atoms with E-state index in [9.17, 15) is 4.79 Å². The number of halogens is 2. The molecule has 0 amide bonds. The van der Waals surface area contributed by atoms with Crippen molar-refractivity contribution in [3.05, 3.63) is 44.7 Å². The van der Waals surface area contributed by atoms with Crippen LogP contribution in [0.1, 0.15) is 0 Å². The van der Waals surface area contributed by atoms with E-state index in [-0.39, 0.29) is 5.43 Å². The summed E-state index contributed by atoms with van der Waals surface area (Å²) in [5.74, 6) is 0. The first kappa shape index (κ1) is 8.60. The first-order valence-electron chi connectivity index (χ1n) is 3.65. The fourth-order valence-electron chi connectivity index (χ4n) is 1.22. The molecule has 1 aromatic heterocycles. The van der Waals surface area contributed by atoms with Crippen LogP contribution in [0.15, 0.2) is 29.2 Å². The molecule has 0 aliphatic heterocycles. The molecular weight excluding hydrogens is 209 g/mol. The predicted octanol–water partition coefficient (Wildman–Crippen LogP) is 2.83. The van der Waals surface area contributed by atoms with Crippen molar-refractivity contribution in [2.75, 3.05) is 0 Å². The molecule has 2 rings (SSSR count). The number of aromatic amines is 1. The zero-order chi connectivity index (χ0) is 9.42. The highest BCUT2D eigenvalue weighted by Crippen LogP contribution is 2.24. The van der Waals surface area contributed by atoms with Gasteiger partial charge in [0.2, 0.25) is 0 Å². The Bertz CT molecular complexity index is 518. The van der Waals surface area contributed by atoms with Crippen molar-refractivity contribution < 1.29 is 0 Å². The number of aromatic nitrogens is 1. The standard InChI is InChI=1S/C9H5Cl2NO/c10-5-1-2-6(11)9-8(5)7(13)3-4-12-9/h1-4H,(H,12,13). The molecule has 1 aromatic carbocycles. The topological polar surface area (TPSA) is 32.9 Å². The highest BCUT2D eigenvalue weighted by Gasteiger charge is 2.05. The normalized spacial score (nSPS) is 10.6. The monoisotopic (exact) mass is 213 g/mol. The van der Waals surface area contributed by atoms with Crippen LogP contribution in [0.2, 0.25) is 10.0 Å². The molecule has 2 nitrogen and oxygen atoms in total. The number of rotatable bonds is 0. The van der Waals surface area contributed by atoms with Gasteiger partial charge in [0.05, 0.1) is 20.9 Å². The Morgan fingerprint density at radius 3 is 2.46 bits per heavy atom. The van der Waals surface area contributed by atoms with Crippen molar-refractivity contribution in [3.63, 3.8) is 0 Å². The highest BCUT2D eigenvalue weighted by molar-refractivity contribution is 6.39. The van der Waals surface area contributed by atoms with Crippen molar-refractivity contribution in [3.8, 4) is 0 Å². The summed E-state index contributed by atoms with van der Waals surface area (Å²) in [7, 11) is 0. The molecule has 1 N–H and O–H groups in total. The lowest BCUT2D eigenvalue weighted by molar-refractivity contribution is 1.39. The lowest BCUT2D eigenvalue weighted by atomic mass is 10.2. The first-order chi connectivity index (χ1) is 6.20. The van der Waals surface area contributed by atoms with E-state index in [1.165, 1.54) is 6.07 Å². The number of fused-ring (bicyclic) bond motifs is 1. The molecule has 0 saturated heterocycles. The van der Waals surface area contributed by atoms with Gasteiger partial charge in [-0.3, -0.25) is 4.79 Å². The molecule has 4 heteroatoms. The van der Waals surface area contributed by atoms with Gasteiger partial charge in [-0.05, 0) is 12.1 Å². The minimum absolute atomic E-state index is 0.124. The molecule has 66 valence electrons. The maximum absolute atomic E-state index is 11.4. The SMILES string of the molecule is O=c1cc[nH]c2c(Cl)ccc(Cl)c12. The van der Waals surface area contributed by atoms with E-state index >= 15 is 0 Å². The van der Waals surface area contributed by atoms with Crippen LogP contribution >= 0.6 is 23.2 Å². The molecule has 13 heavy (non-hydrogen) atoms. The number of benzene rings is 1. The van der Waals surface area contributed by atoms with Crippen LogP contribution in [-0.4, -0.2) is 4.98 Å². The minimum atomic E-state index is -0.124. The quantitative estimate of drug-likeness (QED) is 0.718. The maximum atomic E-state index is 11.4. The van der Waals surface area contributed by atoms with E-state index < -0.39 is 0 Å². The van der Waals surface area contributed by atoms with Gasteiger partial charge in [-0.15, -0.1) is 0 Å². The Labute approximate surface area is 84.1 Å². The van der Waals surface area contributed by atoms with Crippen LogP contribution in [0, 0.1) is 0 Å². The summed E-state index contributed by atoms with van der Waals surface area (Å²) in [5.41, 5.74) is 0.461. The van der Waals surface area contributed by atoms with E-state index in [1.54, 1.807) is 18.3 Å². The fourth-order valence-corrected chi connectivity index (χ4v) is 1.68. The van der Waals surface area contributed by atoms with Gasteiger partial charge in [0.15, 0.2) is 5.43 Å². The van der Waals surface area contributed by atoms with E-state index in [4.69, 9.17) is 23.2 Å². The van der Waals surface area contributed by atoms with Crippen molar-refractivity contribution in [1.29, 1.82) is 0 Å². The smallest absolute Gasteiger partial charge is 0.190 e. The second-order valence-corrected chi connectivity index (χ2v) is 3.44. The molecule has 1 heterocycles. The first-order valence-corrected chi connectivity index (χ1v) is 4.41. The summed E-state index contributed by atoms with van der Waals surface area (Å²) in [6.45, 7) is 0. The minimum Gasteiger partial charge on any atom is -0.360 e. The number of hydrogen-bond donors (Lipinski definition) is 1. The molecule has 0 bridgehead atoms. The molecule has 0 atom stereocenters. The van der Waals surface area contributed by atoms with Gasteiger partial charge in [-0.1, -0.05) is 23.2 Å². The molecule has 0 spiro atoms. The van der Waals surface area contributed by atoms with E-state index in [1.807, 2.05) is 0 Å². The van der Waals surface area contributed by atoms with Gasteiger partial charge < -0.3 is 4.98 Å². The van der Waals surface area contributed by atoms with Crippen LogP contribution < -0.4 is 5.43 Å². The number of nitrogens with one attached hydrogen (secondary N) is 1. The lowest BCUT2D eigenvalue weighted by Crippen LogP contribution is -2.00. The maximum Gasteiger partial charge on any atom is 0.190 e. The summed E-state index contributed by atoms with van der Waals surface area (Å²) in [6.07, 6.45) is 1.55. The van der Waals surface area contributed by atoms with Gasteiger partial charge >= 0.3 is 0 Å². The van der Waals surface area contributed by atoms with Crippen LogP contribution in [-0.2, 0) is 0 Å². The van der Waals surface area contributed by atoms with Crippen LogP contribution in [0.5, 0.6) is 0 Å². The van der Waals surface area contributed by atoms with Gasteiger partial charge in [0, 0.05) is 12.3 Å². The Kier molecular flexibility index (Phi) is 2.02. The van der Waals surface area contributed by atoms with Crippen molar-refractivity contribution in [2.45, 2.75) is 0 Å². The molecule has 0 unspecified atom stereocenters. The van der Waals surface area contributed by atoms with Crippen molar-refractivity contribution in [1.82, 2.24) is 4.98 Å². The lowest BCUT2D eigenvalue weighted by Gasteiger charge is -2.00. The van der Waals surface area contributed by atoms with E-state index in [2.05, 4.69) is 4.98 Å². The van der Waals surface area contributed by atoms with Gasteiger partial charge in [-0.2, -0.15) is 0 Å². The summed E-state index contributed by atoms with van der Waals surface area (Å²) in [5, 5.41) is 1.36. The van der Waals surface area contributed by atoms with Gasteiger partial charge in [-0.25, -0.2) is 0 Å². The molecule has 2 aromatic rings. The fraction of sp³-hybridized carbons (Fsp3) is 0. The van der Waals surface area contributed by atoms with Crippen LogP contribution in [0.4, 0.5) is 0 Å². The number of H-pyrrole nitrogens is 1. The Morgan fingerprint density at radius 2 is 1.77 bits per heavy atom. The third-order valence-electron chi connectivity index (χ3n) is 1.81. The summed E-state index contributed by atoms with van der Waals surface area (Å²) >= 11 is 11.7. The molecule has 0 saturated carbocycles. The van der Waals surface area contributed by atoms with Crippen LogP contribution in [0.25, 0.3) is 10.9 Å². The number of pyridine rings is 1. The van der Waals surface area contributed by atoms with Crippen LogP contribution in [0.3, 0.4) is 0 Å². The number of hydrogen-bond acceptors (Lipinski definition) is 1. The second-order valence-electron chi connectivity index (χ2n) is 2.62. The molecule has 0 fully saturated rings. The average Bonchev–Trinajstić information content (AvgIpc) is 2.12. The van der Waals surface area contributed by atoms with E-state index in [0.29, 0.717) is 20.9 Å². The molecule has 0 aliphatic carbocycles. The predicted molar refractivity (Wildman–Crippen MR) is 54.6 cm³/mol.